The van der Waals surface area contributed by atoms with Gasteiger partial charge >= 0.3 is 0 Å². The molecule has 2 heterocycles. The number of H-pyrrole nitrogens is 1. The third-order valence-electron chi connectivity index (χ3n) is 3.88. The molecule has 0 aliphatic carbocycles. The van der Waals surface area contributed by atoms with Gasteiger partial charge in [-0.3, -0.25) is 0 Å². The van der Waals surface area contributed by atoms with E-state index in [4.69, 9.17) is 4.74 Å². The van der Waals surface area contributed by atoms with Crippen molar-refractivity contribution in [2.45, 2.75) is 13.3 Å². The van der Waals surface area contributed by atoms with E-state index >= 15 is 0 Å². The van der Waals surface area contributed by atoms with E-state index in [0.717, 1.165) is 28.9 Å². The van der Waals surface area contributed by atoms with Crippen LogP contribution in [0.25, 0.3) is 32.4 Å². The SMILES string of the molecule is CCc1nc2ccc(-c3cc4ccc(OC)cc4[nH]3)cc2s1. The number of aromatic nitrogens is 2. The molecule has 2 aromatic heterocycles. The smallest absolute Gasteiger partial charge is 0.120 e. The maximum Gasteiger partial charge on any atom is 0.120 e. The average Bonchev–Trinajstić information content (AvgIpc) is 3.16. The van der Waals surface area contributed by atoms with Crippen molar-refractivity contribution in [1.82, 2.24) is 9.97 Å². The summed E-state index contributed by atoms with van der Waals surface area (Å²) in [5.74, 6) is 0.867. The van der Waals surface area contributed by atoms with E-state index in [2.05, 4.69) is 47.2 Å². The van der Waals surface area contributed by atoms with Crippen molar-refractivity contribution in [1.29, 1.82) is 0 Å². The predicted octanol–water partition coefficient (Wildman–Crippen LogP) is 5.02. The van der Waals surface area contributed by atoms with Crippen molar-refractivity contribution in [2.75, 3.05) is 7.11 Å². The summed E-state index contributed by atoms with van der Waals surface area (Å²) in [6.07, 6.45) is 0.987. The summed E-state index contributed by atoms with van der Waals surface area (Å²) in [4.78, 5) is 8.10. The van der Waals surface area contributed by atoms with Crippen LogP contribution in [0.4, 0.5) is 0 Å². The first kappa shape index (κ1) is 13.3. The Hall–Kier alpha value is -2.33. The Kier molecular flexibility index (Phi) is 3.12. The van der Waals surface area contributed by atoms with E-state index in [-0.39, 0.29) is 0 Å². The monoisotopic (exact) mass is 308 g/mol. The van der Waals surface area contributed by atoms with Gasteiger partial charge in [0.05, 0.1) is 22.3 Å². The Morgan fingerprint density at radius 2 is 2.05 bits per heavy atom. The number of nitrogens with zero attached hydrogens (tertiary/aromatic N) is 1. The lowest BCUT2D eigenvalue weighted by Crippen LogP contribution is -1.81. The summed E-state index contributed by atoms with van der Waals surface area (Å²) in [5, 5.41) is 2.38. The second-order valence-electron chi connectivity index (χ2n) is 5.28. The lowest BCUT2D eigenvalue weighted by Gasteiger charge is -1.98. The highest BCUT2D eigenvalue weighted by Gasteiger charge is 2.08. The van der Waals surface area contributed by atoms with E-state index in [9.17, 15) is 0 Å². The molecular weight excluding hydrogens is 292 g/mol. The van der Waals surface area contributed by atoms with Crippen LogP contribution in [0.1, 0.15) is 11.9 Å². The summed E-state index contributed by atoms with van der Waals surface area (Å²) < 4.78 is 6.52. The summed E-state index contributed by atoms with van der Waals surface area (Å²) >= 11 is 1.77. The summed E-state index contributed by atoms with van der Waals surface area (Å²) in [6, 6.07) is 14.7. The first-order valence-corrected chi connectivity index (χ1v) is 8.15. The molecule has 4 rings (SSSR count). The molecule has 4 heteroatoms. The van der Waals surface area contributed by atoms with Gasteiger partial charge in [0.2, 0.25) is 0 Å². The maximum absolute atomic E-state index is 5.28. The largest absolute Gasteiger partial charge is 0.497 e. The molecule has 4 aromatic rings. The molecule has 0 unspecified atom stereocenters. The Balaban J connectivity index is 1.83. The molecule has 2 aromatic carbocycles. The molecule has 0 aliphatic heterocycles. The van der Waals surface area contributed by atoms with Crippen LogP contribution >= 0.6 is 11.3 Å². The minimum Gasteiger partial charge on any atom is -0.497 e. The van der Waals surface area contributed by atoms with Gasteiger partial charge in [-0.15, -0.1) is 11.3 Å². The number of benzene rings is 2. The lowest BCUT2D eigenvalue weighted by molar-refractivity contribution is 0.415. The van der Waals surface area contributed by atoms with E-state index < -0.39 is 0 Å². The molecule has 0 spiro atoms. The Labute approximate surface area is 132 Å². The van der Waals surface area contributed by atoms with E-state index in [1.165, 1.54) is 20.7 Å². The van der Waals surface area contributed by atoms with Crippen molar-refractivity contribution in [2.24, 2.45) is 0 Å². The zero-order chi connectivity index (χ0) is 15.1. The van der Waals surface area contributed by atoms with Crippen LogP contribution in [-0.4, -0.2) is 17.1 Å². The third-order valence-corrected chi connectivity index (χ3v) is 5.04. The van der Waals surface area contributed by atoms with Crippen molar-refractivity contribution in [3.05, 3.63) is 47.5 Å². The number of aromatic amines is 1. The number of rotatable bonds is 3. The molecular formula is C18H16N2OS. The normalized spacial score (nSPS) is 11.4. The van der Waals surface area contributed by atoms with Crippen molar-refractivity contribution in [3.8, 4) is 17.0 Å². The molecule has 22 heavy (non-hydrogen) atoms. The van der Waals surface area contributed by atoms with Gasteiger partial charge in [0, 0.05) is 22.7 Å². The van der Waals surface area contributed by atoms with E-state index in [1.54, 1.807) is 18.4 Å². The number of hydrogen-bond acceptors (Lipinski definition) is 3. The Morgan fingerprint density at radius 1 is 1.14 bits per heavy atom. The molecule has 0 fully saturated rings. The first-order valence-electron chi connectivity index (χ1n) is 7.33. The highest BCUT2D eigenvalue weighted by atomic mass is 32.1. The van der Waals surface area contributed by atoms with Gasteiger partial charge in [0.15, 0.2) is 0 Å². The van der Waals surface area contributed by atoms with E-state index in [0.29, 0.717) is 0 Å². The molecule has 110 valence electrons. The standard InChI is InChI=1S/C18H16N2OS/c1-3-18-20-14-7-5-12(9-17(14)22-18)15-8-11-4-6-13(21-2)10-16(11)19-15/h4-10,19H,3H2,1-2H3. The number of fused-ring (bicyclic) bond motifs is 2. The molecule has 0 aliphatic rings. The van der Waals surface area contributed by atoms with Crippen molar-refractivity contribution >= 4 is 32.5 Å². The molecule has 3 nitrogen and oxygen atoms in total. The first-order chi connectivity index (χ1) is 10.8. The highest BCUT2D eigenvalue weighted by Crippen LogP contribution is 2.31. The van der Waals surface area contributed by atoms with Crippen LogP contribution < -0.4 is 4.74 Å². The van der Waals surface area contributed by atoms with Crippen LogP contribution in [0.15, 0.2) is 42.5 Å². The number of aryl methyl sites for hydroxylation is 1. The minimum absolute atomic E-state index is 0.867. The fraction of sp³-hybridized carbons (Fsp3) is 0.167. The van der Waals surface area contributed by atoms with Gasteiger partial charge in [-0.05, 0) is 42.3 Å². The second kappa shape index (κ2) is 5.14. The molecule has 0 bridgehead atoms. The van der Waals surface area contributed by atoms with Crippen LogP contribution in [-0.2, 0) is 6.42 Å². The van der Waals surface area contributed by atoms with Crippen LogP contribution in [0.3, 0.4) is 0 Å². The number of hydrogen-bond donors (Lipinski definition) is 1. The number of methoxy groups -OCH3 is 1. The molecule has 0 saturated heterocycles. The predicted molar refractivity (Wildman–Crippen MR) is 92.8 cm³/mol. The van der Waals surface area contributed by atoms with Gasteiger partial charge in [-0.1, -0.05) is 13.0 Å². The van der Waals surface area contributed by atoms with Crippen LogP contribution in [0.5, 0.6) is 5.75 Å². The van der Waals surface area contributed by atoms with Crippen LogP contribution in [0.2, 0.25) is 0 Å². The summed E-state index contributed by atoms with van der Waals surface area (Å²) in [5.41, 5.74) is 4.49. The van der Waals surface area contributed by atoms with Crippen molar-refractivity contribution in [3.63, 3.8) is 0 Å². The molecule has 1 N–H and O–H groups in total. The molecule has 0 radical (unpaired) electrons. The van der Waals surface area contributed by atoms with Gasteiger partial charge in [-0.25, -0.2) is 4.98 Å². The minimum atomic E-state index is 0.867. The fourth-order valence-electron chi connectivity index (χ4n) is 2.68. The number of thiazole rings is 1. The quantitative estimate of drug-likeness (QED) is 0.577. The van der Waals surface area contributed by atoms with Gasteiger partial charge in [0.1, 0.15) is 5.75 Å². The summed E-state index contributed by atoms with van der Waals surface area (Å²) in [6.45, 7) is 2.14. The summed E-state index contributed by atoms with van der Waals surface area (Å²) in [7, 11) is 1.69. The molecule has 0 atom stereocenters. The third kappa shape index (κ3) is 2.16. The molecule has 0 saturated carbocycles. The second-order valence-corrected chi connectivity index (χ2v) is 6.40. The zero-order valence-electron chi connectivity index (χ0n) is 12.5. The fourth-order valence-corrected chi connectivity index (χ4v) is 3.63. The Bertz CT molecular complexity index is 966. The van der Waals surface area contributed by atoms with Gasteiger partial charge in [-0.2, -0.15) is 0 Å². The number of ether oxygens (including phenoxy) is 1. The average molecular weight is 308 g/mol. The van der Waals surface area contributed by atoms with Crippen LogP contribution in [0, 0.1) is 0 Å². The lowest BCUT2D eigenvalue weighted by atomic mass is 10.1. The maximum atomic E-state index is 5.28. The number of nitrogens with one attached hydrogen (secondary N) is 1. The van der Waals surface area contributed by atoms with E-state index in [1.807, 2.05) is 12.1 Å². The Morgan fingerprint density at radius 3 is 2.86 bits per heavy atom. The topological polar surface area (TPSA) is 37.9 Å². The zero-order valence-corrected chi connectivity index (χ0v) is 13.3. The van der Waals surface area contributed by atoms with Gasteiger partial charge < -0.3 is 9.72 Å². The highest BCUT2D eigenvalue weighted by molar-refractivity contribution is 7.18. The van der Waals surface area contributed by atoms with Gasteiger partial charge in [0.25, 0.3) is 0 Å². The molecule has 0 amide bonds. The van der Waals surface area contributed by atoms with Crippen molar-refractivity contribution < 1.29 is 4.74 Å².